The number of nitrogens with zero attached hydrogens (tertiary/aromatic N) is 2. The lowest BCUT2D eigenvalue weighted by molar-refractivity contribution is 0.102. The van der Waals surface area contributed by atoms with Gasteiger partial charge in [-0.25, -0.2) is 4.98 Å². The summed E-state index contributed by atoms with van der Waals surface area (Å²) in [4.78, 5) is 17.6. The zero-order valence-corrected chi connectivity index (χ0v) is 18.1. The van der Waals surface area contributed by atoms with Gasteiger partial charge in [0.15, 0.2) is 0 Å². The third-order valence-corrected chi connectivity index (χ3v) is 6.36. The Morgan fingerprint density at radius 1 is 1.19 bits per heavy atom. The minimum absolute atomic E-state index is 0.103. The van der Waals surface area contributed by atoms with Crippen molar-refractivity contribution in [1.29, 1.82) is 0 Å². The predicted octanol–water partition coefficient (Wildman–Crippen LogP) is 3.88. The largest absolute Gasteiger partial charge is 0.323 e. The molecule has 2 aliphatic rings. The predicted molar refractivity (Wildman–Crippen MR) is 124 cm³/mol. The second-order valence-electron chi connectivity index (χ2n) is 8.87. The summed E-state index contributed by atoms with van der Waals surface area (Å²) in [7, 11) is 0. The molecule has 0 bridgehead atoms. The van der Waals surface area contributed by atoms with E-state index in [0.29, 0.717) is 17.5 Å². The molecule has 1 aromatic heterocycles. The van der Waals surface area contributed by atoms with Gasteiger partial charge in [0, 0.05) is 30.4 Å². The van der Waals surface area contributed by atoms with E-state index in [1.165, 1.54) is 5.57 Å². The van der Waals surface area contributed by atoms with E-state index in [2.05, 4.69) is 40.4 Å². The van der Waals surface area contributed by atoms with E-state index in [9.17, 15) is 4.79 Å². The number of carbonyl (C=O) groups excluding carboxylic acids is 1. The number of aromatic nitrogens is 2. The van der Waals surface area contributed by atoms with Gasteiger partial charge >= 0.3 is 0 Å². The molecule has 3 aromatic rings. The third-order valence-electron chi connectivity index (χ3n) is 6.36. The van der Waals surface area contributed by atoms with Crippen molar-refractivity contribution in [3.05, 3.63) is 71.6 Å². The normalized spacial score (nSPS) is 22.5. The molecule has 31 heavy (non-hydrogen) atoms. The zero-order chi connectivity index (χ0) is 21.4. The first-order valence-electron chi connectivity index (χ1n) is 11.0. The summed E-state index contributed by atoms with van der Waals surface area (Å²) < 4.78 is 2.30. The molecule has 6 heteroatoms. The van der Waals surface area contributed by atoms with E-state index in [-0.39, 0.29) is 11.9 Å². The molecule has 0 aliphatic carbocycles. The Balaban J connectivity index is 1.48. The van der Waals surface area contributed by atoms with Crippen LogP contribution >= 0.6 is 0 Å². The van der Waals surface area contributed by atoms with Crippen molar-refractivity contribution in [2.75, 3.05) is 18.4 Å². The van der Waals surface area contributed by atoms with Gasteiger partial charge in [-0.2, -0.15) is 0 Å². The van der Waals surface area contributed by atoms with Gasteiger partial charge in [0.2, 0.25) is 0 Å². The molecule has 3 unspecified atom stereocenters. The van der Waals surface area contributed by atoms with Crippen LogP contribution in [0.5, 0.6) is 0 Å². The van der Waals surface area contributed by atoms with E-state index in [0.717, 1.165) is 48.6 Å². The van der Waals surface area contributed by atoms with Crippen LogP contribution in [0, 0.1) is 5.92 Å². The van der Waals surface area contributed by atoms with Crippen molar-refractivity contribution in [2.45, 2.75) is 38.9 Å². The summed E-state index contributed by atoms with van der Waals surface area (Å²) in [5, 5.41) is 10.3. The van der Waals surface area contributed by atoms with Gasteiger partial charge in [0.25, 0.3) is 5.91 Å². The molecule has 5 rings (SSSR count). The smallest absolute Gasteiger partial charge is 0.255 e. The number of imidazole rings is 1. The van der Waals surface area contributed by atoms with E-state index in [1.807, 2.05) is 48.5 Å². The van der Waals surface area contributed by atoms with Crippen LogP contribution in [0.25, 0.3) is 11.0 Å². The summed E-state index contributed by atoms with van der Waals surface area (Å²) >= 11 is 0. The fourth-order valence-electron chi connectivity index (χ4n) is 4.73. The molecule has 0 saturated carbocycles. The molecule has 3 atom stereocenters. The number of allylic oxidation sites excluding steroid dienone is 2. The number of hydrogen-bond donors (Lipinski definition) is 3. The maximum absolute atomic E-state index is 12.6. The minimum atomic E-state index is -0.103. The first kappa shape index (κ1) is 20.0. The van der Waals surface area contributed by atoms with Crippen LogP contribution in [0.4, 0.5) is 5.69 Å². The van der Waals surface area contributed by atoms with Crippen LogP contribution in [0.3, 0.4) is 0 Å². The van der Waals surface area contributed by atoms with Gasteiger partial charge in [0.05, 0.1) is 17.1 Å². The van der Waals surface area contributed by atoms with E-state index in [1.54, 1.807) is 0 Å². The molecular formula is C25H29N5O. The van der Waals surface area contributed by atoms with Crippen molar-refractivity contribution in [1.82, 2.24) is 20.2 Å². The average molecular weight is 416 g/mol. The topological polar surface area (TPSA) is 71.0 Å². The quantitative estimate of drug-likeness (QED) is 0.553. The van der Waals surface area contributed by atoms with Crippen molar-refractivity contribution in [3.63, 3.8) is 0 Å². The highest BCUT2D eigenvalue weighted by Crippen LogP contribution is 2.34. The minimum Gasteiger partial charge on any atom is -0.323 e. The molecule has 0 spiro atoms. The van der Waals surface area contributed by atoms with Crippen molar-refractivity contribution in [2.24, 2.45) is 5.92 Å². The molecule has 0 radical (unpaired) electrons. The van der Waals surface area contributed by atoms with Crippen LogP contribution in [-0.4, -0.2) is 34.6 Å². The molecular weight excluding hydrogens is 386 g/mol. The number of fused-ring (bicyclic) bond motifs is 2. The fourth-order valence-corrected chi connectivity index (χ4v) is 4.73. The van der Waals surface area contributed by atoms with Crippen LogP contribution < -0.4 is 16.0 Å². The van der Waals surface area contributed by atoms with Gasteiger partial charge in [-0.15, -0.1) is 0 Å². The first-order chi connectivity index (χ1) is 15.1. The SMILES string of the molecule is CC(C)=CCn1c(C2CC3CNCC3N2)nc2ccc(NC(=O)c3ccccc3)cc21. The van der Waals surface area contributed by atoms with Gasteiger partial charge in [-0.3, -0.25) is 4.79 Å². The summed E-state index contributed by atoms with van der Waals surface area (Å²) in [5.41, 5.74) is 4.73. The summed E-state index contributed by atoms with van der Waals surface area (Å²) in [6, 6.07) is 16.1. The Hall–Kier alpha value is -2.96. The van der Waals surface area contributed by atoms with E-state index in [4.69, 9.17) is 4.98 Å². The third kappa shape index (κ3) is 4.01. The Kier molecular flexibility index (Phi) is 5.34. The Bertz CT molecular complexity index is 1120. The lowest BCUT2D eigenvalue weighted by Gasteiger charge is -2.15. The van der Waals surface area contributed by atoms with E-state index < -0.39 is 0 Å². The average Bonchev–Trinajstić information content (AvgIpc) is 3.45. The monoisotopic (exact) mass is 415 g/mol. The molecule has 2 aromatic carbocycles. The molecule has 1 amide bonds. The summed E-state index contributed by atoms with van der Waals surface area (Å²) in [5.74, 6) is 1.66. The van der Waals surface area contributed by atoms with Crippen molar-refractivity contribution < 1.29 is 4.79 Å². The van der Waals surface area contributed by atoms with Crippen molar-refractivity contribution >= 4 is 22.6 Å². The molecule has 3 heterocycles. The van der Waals surface area contributed by atoms with Gasteiger partial charge in [-0.1, -0.05) is 29.8 Å². The fraction of sp³-hybridized carbons (Fsp3) is 0.360. The second kappa shape index (κ2) is 8.29. The molecule has 2 fully saturated rings. The maximum Gasteiger partial charge on any atom is 0.255 e. The summed E-state index contributed by atoms with van der Waals surface area (Å²) in [6.45, 7) is 7.13. The Labute approximate surface area is 182 Å². The molecule has 3 N–H and O–H groups in total. The van der Waals surface area contributed by atoms with Crippen LogP contribution in [-0.2, 0) is 6.54 Å². The maximum atomic E-state index is 12.6. The summed E-state index contributed by atoms with van der Waals surface area (Å²) in [6.07, 6.45) is 3.34. The number of benzene rings is 2. The number of hydrogen-bond acceptors (Lipinski definition) is 4. The first-order valence-corrected chi connectivity index (χ1v) is 11.0. The lowest BCUT2D eigenvalue weighted by atomic mass is 10.0. The lowest BCUT2D eigenvalue weighted by Crippen LogP contribution is -2.30. The second-order valence-corrected chi connectivity index (χ2v) is 8.87. The van der Waals surface area contributed by atoms with Crippen molar-refractivity contribution in [3.8, 4) is 0 Å². The number of anilines is 1. The number of amides is 1. The van der Waals surface area contributed by atoms with E-state index >= 15 is 0 Å². The molecule has 6 nitrogen and oxygen atoms in total. The molecule has 2 saturated heterocycles. The number of nitrogens with one attached hydrogen (secondary N) is 3. The van der Waals surface area contributed by atoms with Crippen LogP contribution in [0.15, 0.2) is 60.2 Å². The zero-order valence-electron chi connectivity index (χ0n) is 18.1. The highest BCUT2D eigenvalue weighted by Gasteiger charge is 2.39. The van der Waals surface area contributed by atoms with Crippen LogP contribution in [0.1, 0.15) is 42.5 Å². The standard InChI is InChI=1S/C25H29N5O/c1-16(2)10-11-30-23-13-19(27-25(31)17-6-4-3-5-7-17)8-9-20(23)29-24(30)21-12-18-14-26-15-22(18)28-21/h3-10,13,18,21-22,26,28H,11-12,14-15H2,1-2H3,(H,27,31). The molecule has 2 aliphatic heterocycles. The number of carbonyl (C=O) groups is 1. The molecule has 160 valence electrons. The van der Waals surface area contributed by atoms with Crippen LogP contribution in [0.2, 0.25) is 0 Å². The van der Waals surface area contributed by atoms with Gasteiger partial charge in [-0.05, 0) is 63.1 Å². The Morgan fingerprint density at radius 2 is 2.03 bits per heavy atom. The highest BCUT2D eigenvalue weighted by molar-refractivity contribution is 6.04. The van der Waals surface area contributed by atoms with Gasteiger partial charge in [0.1, 0.15) is 5.82 Å². The highest BCUT2D eigenvalue weighted by atomic mass is 16.1. The Morgan fingerprint density at radius 3 is 2.81 bits per heavy atom. The van der Waals surface area contributed by atoms with Gasteiger partial charge < -0.3 is 20.5 Å². The number of rotatable bonds is 5.